The molecule has 0 atom stereocenters. The molecule has 0 heterocycles. The summed E-state index contributed by atoms with van der Waals surface area (Å²) in [6, 6.07) is 9.08. The van der Waals surface area contributed by atoms with Crippen LogP contribution in [0.4, 0.5) is 10.1 Å². The first-order valence-electron chi connectivity index (χ1n) is 5.19. The summed E-state index contributed by atoms with van der Waals surface area (Å²) in [4.78, 5) is 12.0. The fraction of sp³-hybridized carbons (Fsp3) is 0. The number of carbonyl (C=O) groups excluding carboxylic acids is 1. The Kier molecular flexibility index (Phi) is 4.65. The van der Waals surface area contributed by atoms with Crippen molar-refractivity contribution in [3.63, 3.8) is 0 Å². The van der Waals surface area contributed by atoms with Crippen LogP contribution in [0.1, 0.15) is 10.4 Å². The highest BCUT2D eigenvalue weighted by atomic mass is 127. The van der Waals surface area contributed by atoms with Gasteiger partial charge in [-0.25, -0.2) is 4.39 Å². The van der Waals surface area contributed by atoms with Crippen molar-refractivity contribution in [1.82, 2.24) is 0 Å². The maximum absolute atomic E-state index is 13.6. The summed E-state index contributed by atoms with van der Waals surface area (Å²) in [6.07, 6.45) is 0. The third-order valence-electron chi connectivity index (χ3n) is 2.37. The number of benzene rings is 2. The summed E-state index contributed by atoms with van der Waals surface area (Å²) in [6.45, 7) is 0. The molecule has 6 heteroatoms. The van der Waals surface area contributed by atoms with E-state index in [9.17, 15) is 9.18 Å². The van der Waals surface area contributed by atoms with Crippen LogP contribution in [0.25, 0.3) is 0 Å². The predicted molar refractivity (Wildman–Crippen MR) is 83.5 cm³/mol. The van der Waals surface area contributed by atoms with Crippen LogP contribution in [0.15, 0.2) is 36.4 Å². The highest BCUT2D eigenvalue weighted by molar-refractivity contribution is 14.1. The first-order valence-corrected chi connectivity index (χ1v) is 7.03. The molecule has 0 unspecified atom stereocenters. The van der Waals surface area contributed by atoms with Gasteiger partial charge in [0.05, 0.1) is 16.3 Å². The van der Waals surface area contributed by atoms with Crippen LogP contribution in [-0.2, 0) is 0 Å². The SMILES string of the molecule is O=C(Nc1ccc(Cl)cc1I)c1c(F)cccc1Cl. The summed E-state index contributed by atoms with van der Waals surface area (Å²) < 4.78 is 14.4. The molecule has 0 aromatic heterocycles. The number of halogens is 4. The zero-order chi connectivity index (χ0) is 14.0. The molecule has 2 rings (SSSR count). The molecule has 0 radical (unpaired) electrons. The van der Waals surface area contributed by atoms with Crippen LogP contribution in [0.2, 0.25) is 10.0 Å². The Bertz CT molecular complexity index is 628. The third-order valence-corrected chi connectivity index (χ3v) is 3.81. The van der Waals surface area contributed by atoms with E-state index in [2.05, 4.69) is 5.32 Å². The van der Waals surface area contributed by atoms with E-state index in [4.69, 9.17) is 23.2 Å². The second-order valence-corrected chi connectivity index (χ2v) is 5.68. The van der Waals surface area contributed by atoms with Gasteiger partial charge in [0.25, 0.3) is 5.91 Å². The van der Waals surface area contributed by atoms with Crippen molar-refractivity contribution in [2.45, 2.75) is 0 Å². The Morgan fingerprint density at radius 2 is 1.95 bits per heavy atom. The molecule has 98 valence electrons. The highest BCUT2D eigenvalue weighted by Crippen LogP contribution is 2.25. The van der Waals surface area contributed by atoms with Gasteiger partial charge in [0.1, 0.15) is 5.82 Å². The second kappa shape index (κ2) is 6.07. The van der Waals surface area contributed by atoms with Crippen LogP contribution in [0.3, 0.4) is 0 Å². The van der Waals surface area contributed by atoms with E-state index in [-0.39, 0.29) is 10.6 Å². The van der Waals surface area contributed by atoms with E-state index in [0.29, 0.717) is 10.7 Å². The van der Waals surface area contributed by atoms with Gasteiger partial charge in [0, 0.05) is 8.59 Å². The van der Waals surface area contributed by atoms with E-state index in [1.165, 1.54) is 18.2 Å². The molecule has 19 heavy (non-hydrogen) atoms. The van der Waals surface area contributed by atoms with E-state index >= 15 is 0 Å². The van der Waals surface area contributed by atoms with Gasteiger partial charge in [-0.2, -0.15) is 0 Å². The van der Waals surface area contributed by atoms with Crippen molar-refractivity contribution < 1.29 is 9.18 Å². The lowest BCUT2D eigenvalue weighted by Gasteiger charge is -2.09. The average Bonchev–Trinajstić information content (AvgIpc) is 2.32. The van der Waals surface area contributed by atoms with Crippen molar-refractivity contribution in [3.8, 4) is 0 Å². The van der Waals surface area contributed by atoms with Gasteiger partial charge in [0.15, 0.2) is 0 Å². The second-order valence-electron chi connectivity index (χ2n) is 3.67. The first-order chi connectivity index (χ1) is 8.99. The number of hydrogen-bond acceptors (Lipinski definition) is 1. The van der Waals surface area contributed by atoms with E-state index in [1.807, 2.05) is 22.6 Å². The minimum atomic E-state index is -0.658. The van der Waals surface area contributed by atoms with Crippen LogP contribution in [-0.4, -0.2) is 5.91 Å². The lowest BCUT2D eigenvalue weighted by molar-refractivity contribution is 0.102. The molecule has 0 saturated heterocycles. The predicted octanol–water partition coefficient (Wildman–Crippen LogP) is 4.99. The molecule has 1 N–H and O–H groups in total. The van der Waals surface area contributed by atoms with Gasteiger partial charge in [-0.1, -0.05) is 29.3 Å². The summed E-state index contributed by atoms with van der Waals surface area (Å²) in [5.41, 5.74) is 0.379. The summed E-state index contributed by atoms with van der Waals surface area (Å²) in [5, 5.41) is 3.24. The van der Waals surface area contributed by atoms with E-state index in [0.717, 1.165) is 3.57 Å². The van der Waals surface area contributed by atoms with Crippen molar-refractivity contribution in [2.75, 3.05) is 5.32 Å². The third kappa shape index (κ3) is 3.38. The van der Waals surface area contributed by atoms with Crippen LogP contribution < -0.4 is 5.32 Å². The molecular formula is C13H7Cl2FINO. The molecule has 0 fully saturated rings. The maximum atomic E-state index is 13.6. The van der Waals surface area contributed by atoms with Crippen molar-refractivity contribution in [3.05, 3.63) is 61.4 Å². The number of nitrogens with one attached hydrogen (secondary N) is 1. The van der Waals surface area contributed by atoms with Gasteiger partial charge in [0.2, 0.25) is 0 Å². The summed E-state index contributed by atoms with van der Waals surface area (Å²) in [7, 11) is 0. The van der Waals surface area contributed by atoms with E-state index in [1.54, 1.807) is 18.2 Å². The first kappa shape index (κ1) is 14.6. The van der Waals surface area contributed by atoms with Gasteiger partial charge in [-0.3, -0.25) is 4.79 Å². The van der Waals surface area contributed by atoms with E-state index < -0.39 is 11.7 Å². The smallest absolute Gasteiger partial charge is 0.260 e. The number of amides is 1. The van der Waals surface area contributed by atoms with Gasteiger partial charge >= 0.3 is 0 Å². The Labute approximate surface area is 133 Å². The molecule has 0 aliphatic heterocycles. The average molecular weight is 410 g/mol. The number of hydrogen-bond donors (Lipinski definition) is 1. The lowest BCUT2D eigenvalue weighted by atomic mass is 10.2. The van der Waals surface area contributed by atoms with Crippen molar-refractivity contribution >= 4 is 57.4 Å². The molecule has 0 aliphatic rings. The minimum Gasteiger partial charge on any atom is -0.321 e. The normalized spacial score (nSPS) is 10.3. The number of carbonyl (C=O) groups is 1. The molecular weight excluding hydrogens is 403 g/mol. The monoisotopic (exact) mass is 409 g/mol. The van der Waals surface area contributed by atoms with Gasteiger partial charge < -0.3 is 5.32 Å². The van der Waals surface area contributed by atoms with Crippen LogP contribution >= 0.6 is 45.8 Å². The Hall–Kier alpha value is -0.850. The molecule has 0 saturated carbocycles. The van der Waals surface area contributed by atoms with Gasteiger partial charge in [-0.15, -0.1) is 0 Å². The molecule has 0 bridgehead atoms. The van der Waals surface area contributed by atoms with Crippen molar-refractivity contribution in [1.29, 1.82) is 0 Å². The van der Waals surface area contributed by atoms with Gasteiger partial charge in [-0.05, 0) is 52.9 Å². The molecule has 0 spiro atoms. The van der Waals surface area contributed by atoms with Crippen LogP contribution in [0, 0.1) is 9.39 Å². The summed E-state index contributed by atoms with van der Waals surface area (Å²) in [5.74, 6) is -1.25. The zero-order valence-corrected chi connectivity index (χ0v) is 13.1. The quantitative estimate of drug-likeness (QED) is 0.695. The number of rotatable bonds is 2. The molecule has 2 aromatic rings. The van der Waals surface area contributed by atoms with Crippen LogP contribution in [0.5, 0.6) is 0 Å². The number of anilines is 1. The fourth-order valence-electron chi connectivity index (χ4n) is 1.49. The van der Waals surface area contributed by atoms with Crippen molar-refractivity contribution in [2.24, 2.45) is 0 Å². The molecule has 0 aliphatic carbocycles. The molecule has 2 nitrogen and oxygen atoms in total. The largest absolute Gasteiger partial charge is 0.321 e. The Morgan fingerprint density at radius 1 is 1.21 bits per heavy atom. The summed E-state index contributed by atoms with van der Waals surface area (Å²) >= 11 is 13.7. The lowest BCUT2D eigenvalue weighted by Crippen LogP contribution is -2.15. The Morgan fingerprint density at radius 3 is 2.58 bits per heavy atom. The Balaban J connectivity index is 2.31. The fourth-order valence-corrected chi connectivity index (χ4v) is 2.75. The maximum Gasteiger partial charge on any atom is 0.260 e. The zero-order valence-electron chi connectivity index (χ0n) is 9.38. The molecule has 1 amide bonds. The highest BCUT2D eigenvalue weighted by Gasteiger charge is 2.16. The topological polar surface area (TPSA) is 29.1 Å². The molecule has 2 aromatic carbocycles. The minimum absolute atomic E-state index is 0.0708. The standard InChI is InChI=1S/C13H7Cl2FINO/c14-7-4-5-11(10(17)6-7)18-13(19)12-8(15)2-1-3-9(12)16/h1-6H,(H,18,19).